The van der Waals surface area contributed by atoms with Crippen LogP contribution < -0.4 is 0 Å². The molecule has 2 aromatic carbocycles. The summed E-state index contributed by atoms with van der Waals surface area (Å²) in [6.07, 6.45) is 3.06. The van der Waals surface area contributed by atoms with E-state index in [1.165, 1.54) is 18.4 Å². The van der Waals surface area contributed by atoms with Gasteiger partial charge in [-0.2, -0.15) is 0 Å². The number of imidazole rings is 1. The summed E-state index contributed by atoms with van der Waals surface area (Å²) >= 11 is 3.52. The Balaban J connectivity index is 1.98. The van der Waals surface area contributed by atoms with E-state index in [9.17, 15) is 12.8 Å². The average molecular weight is 445 g/mol. The second kappa shape index (κ2) is 6.58. The Labute approximate surface area is 164 Å². The Morgan fingerprint density at radius 3 is 2.22 bits per heavy atom. The Morgan fingerprint density at radius 2 is 1.59 bits per heavy atom. The molecule has 4 aromatic rings. The van der Waals surface area contributed by atoms with Crippen LogP contribution in [0.1, 0.15) is 0 Å². The standard InChI is InChI=1S/C20H14BrFN2O2S/c1-27(25,26)16-10-6-13(7-11-16)18-19(14-4-8-15(22)9-5-14)24-12-2-3-17(21)20(24)23-18/h2-12H,1H3. The first kappa shape index (κ1) is 17.9. The number of fused-ring (bicyclic) bond motifs is 1. The van der Waals surface area contributed by atoms with Crippen LogP contribution in [0, 0.1) is 5.82 Å². The normalized spacial score (nSPS) is 11.8. The highest BCUT2D eigenvalue weighted by Gasteiger charge is 2.18. The maximum absolute atomic E-state index is 13.4. The van der Waals surface area contributed by atoms with E-state index in [0.717, 1.165) is 26.9 Å². The van der Waals surface area contributed by atoms with Crippen molar-refractivity contribution < 1.29 is 12.8 Å². The van der Waals surface area contributed by atoms with Gasteiger partial charge < -0.3 is 0 Å². The monoisotopic (exact) mass is 444 g/mol. The van der Waals surface area contributed by atoms with Gasteiger partial charge in [-0.25, -0.2) is 17.8 Å². The van der Waals surface area contributed by atoms with Gasteiger partial charge >= 0.3 is 0 Å². The summed E-state index contributed by atoms with van der Waals surface area (Å²) < 4.78 is 39.6. The molecule has 2 heterocycles. The fourth-order valence-corrected chi connectivity index (χ4v) is 4.04. The Morgan fingerprint density at radius 1 is 0.963 bits per heavy atom. The zero-order valence-corrected chi connectivity index (χ0v) is 16.6. The maximum atomic E-state index is 13.4. The summed E-state index contributed by atoms with van der Waals surface area (Å²) in [6, 6.07) is 16.6. The number of nitrogens with zero attached hydrogens (tertiary/aromatic N) is 2. The van der Waals surface area contributed by atoms with Crippen LogP contribution in [0.2, 0.25) is 0 Å². The van der Waals surface area contributed by atoms with E-state index in [0.29, 0.717) is 5.69 Å². The van der Waals surface area contributed by atoms with Crippen molar-refractivity contribution in [1.29, 1.82) is 0 Å². The molecule has 0 unspecified atom stereocenters. The van der Waals surface area contributed by atoms with Gasteiger partial charge in [0.1, 0.15) is 5.82 Å². The molecule has 0 bridgehead atoms. The molecule has 0 saturated heterocycles. The molecule has 0 aliphatic carbocycles. The van der Waals surface area contributed by atoms with E-state index in [1.54, 1.807) is 36.4 Å². The van der Waals surface area contributed by atoms with Crippen molar-refractivity contribution in [2.24, 2.45) is 0 Å². The van der Waals surface area contributed by atoms with E-state index >= 15 is 0 Å². The fraction of sp³-hybridized carbons (Fsp3) is 0.0500. The van der Waals surface area contributed by atoms with Crippen molar-refractivity contribution in [2.45, 2.75) is 4.90 Å². The van der Waals surface area contributed by atoms with Gasteiger partial charge in [-0.3, -0.25) is 4.40 Å². The van der Waals surface area contributed by atoms with Crippen molar-refractivity contribution in [3.8, 4) is 22.5 Å². The molecule has 0 saturated carbocycles. The smallest absolute Gasteiger partial charge is 0.175 e. The molecule has 136 valence electrons. The van der Waals surface area contributed by atoms with E-state index < -0.39 is 9.84 Å². The minimum absolute atomic E-state index is 0.250. The van der Waals surface area contributed by atoms with Crippen molar-refractivity contribution in [3.63, 3.8) is 0 Å². The molecule has 0 radical (unpaired) electrons. The van der Waals surface area contributed by atoms with Crippen LogP contribution in [0.15, 0.2) is 76.2 Å². The molecule has 0 amide bonds. The van der Waals surface area contributed by atoms with Gasteiger partial charge in [0, 0.05) is 23.6 Å². The first-order chi connectivity index (χ1) is 12.8. The fourth-order valence-electron chi connectivity index (χ4n) is 2.98. The van der Waals surface area contributed by atoms with E-state index in [2.05, 4.69) is 15.9 Å². The van der Waals surface area contributed by atoms with Crippen LogP contribution in [0.4, 0.5) is 4.39 Å². The Bertz CT molecular complexity index is 1250. The molecular formula is C20H14BrFN2O2S. The highest BCUT2D eigenvalue weighted by Crippen LogP contribution is 2.35. The molecule has 0 spiro atoms. The predicted octanol–water partition coefficient (Wildman–Crippen LogP) is 4.97. The minimum atomic E-state index is -3.27. The van der Waals surface area contributed by atoms with Gasteiger partial charge in [0.25, 0.3) is 0 Å². The molecule has 4 nitrogen and oxygen atoms in total. The Kier molecular flexibility index (Phi) is 4.36. The lowest BCUT2D eigenvalue weighted by Crippen LogP contribution is -1.96. The van der Waals surface area contributed by atoms with Gasteiger partial charge in [-0.1, -0.05) is 12.1 Å². The lowest BCUT2D eigenvalue weighted by Gasteiger charge is -2.07. The first-order valence-electron chi connectivity index (χ1n) is 8.07. The largest absolute Gasteiger partial charge is 0.298 e. The maximum Gasteiger partial charge on any atom is 0.175 e. The number of aromatic nitrogens is 2. The van der Waals surface area contributed by atoms with Gasteiger partial charge in [0.05, 0.1) is 20.8 Å². The van der Waals surface area contributed by atoms with E-state index in [1.807, 2.05) is 22.7 Å². The molecule has 2 aromatic heterocycles. The minimum Gasteiger partial charge on any atom is -0.298 e. The topological polar surface area (TPSA) is 51.4 Å². The third-order valence-electron chi connectivity index (χ3n) is 4.28. The number of benzene rings is 2. The van der Waals surface area contributed by atoms with Crippen LogP contribution in [-0.4, -0.2) is 24.1 Å². The van der Waals surface area contributed by atoms with Crippen molar-refractivity contribution in [2.75, 3.05) is 6.26 Å². The quantitative estimate of drug-likeness (QED) is 0.447. The number of halogens is 2. The third kappa shape index (κ3) is 3.28. The summed E-state index contributed by atoms with van der Waals surface area (Å²) in [4.78, 5) is 5.00. The molecule has 0 fully saturated rings. The number of sulfone groups is 1. The van der Waals surface area contributed by atoms with Gasteiger partial charge in [0.15, 0.2) is 15.5 Å². The second-order valence-corrected chi connectivity index (χ2v) is 9.03. The number of hydrogen-bond donors (Lipinski definition) is 0. The van der Waals surface area contributed by atoms with Crippen LogP contribution in [0.25, 0.3) is 28.2 Å². The first-order valence-corrected chi connectivity index (χ1v) is 10.8. The van der Waals surface area contributed by atoms with Crippen molar-refractivity contribution in [1.82, 2.24) is 9.38 Å². The number of rotatable bonds is 3. The SMILES string of the molecule is CS(=O)(=O)c1ccc(-c2nc3c(Br)cccn3c2-c2ccc(F)cc2)cc1. The Hall–Kier alpha value is -2.51. The average Bonchev–Trinajstić information content (AvgIpc) is 3.03. The van der Waals surface area contributed by atoms with Crippen LogP contribution >= 0.6 is 15.9 Å². The van der Waals surface area contributed by atoms with Gasteiger partial charge in [-0.05, 0) is 64.5 Å². The predicted molar refractivity (Wildman–Crippen MR) is 107 cm³/mol. The van der Waals surface area contributed by atoms with Crippen LogP contribution in [-0.2, 0) is 9.84 Å². The molecular weight excluding hydrogens is 431 g/mol. The second-order valence-electron chi connectivity index (χ2n) is 6.16. The van der Waals surface area contributed by atoms with Crippen molar-refractivity contribution >= 4 is 31.4 Å². The zero-order chi connectivity index (χ0) is 19.2. The highest BCUT2D eigenvalue weighted by atomic mass is 79.9. The van der Waals surface area contributed by atoms with Gasteiger partial charge in [0.2, 0.25) is 0 Å². The highest BCUT2D eigenvalue weighted by molar-refractivity contribution is 9.10. The van der Waals surface area contributed by atoms with E-state index in [-0.39, 0.29) is 10.7 Å². The molecule has 27 heavy (non-hydrogen) atoms. The van der Waals surface area contributed by atoms with E-state index in [4.69, 9.17) is 4.98 Å². The third-order valence-corrected chi connectivity index (χ3v) is 6.02. The molecule has 0 atom stereocenters. The molecule has 7 heteroatoms. The summed E-state index contributed by atoms with van der Waals surface area (Å²) in [5.74, 6) is -0.312. The zero-order valence-electron chi connectivity index (χ0n) is 14.2. The van der Waals surface area contributed by atoms with Crippen molar-refractivity contribution in [3.05, 3.63) is 77.2 Å². The summed E-state index contributed by atoms with van der Waals surface area (Å²) in [7, 11) is -3.27. The summed E-state index contributed by atoms with van der Waals surface area (Å²) in [5, 5.41) is 0. The molecule has 0 N–H and O–H groups in total. The molecule has 4 rings (SSSR count). The number of hydrogen-bond acceptors (Lipinski definition) is 3. The number of pyridine rings is 1. The van der Waals surface area contributed by atoms with Crippen LogP contribution in [0.5, 0.6) is 0 Å². The lowest BCUT2D eigenvalue weighted by molar-refractivity contribution is 0.602. The lowest BCUT2D eigenvalue weighted by atomic mass is 10.0. The summed E-state index contributed by atoms with van der Waals surface area (Å²) in [5.41, 5.74) is 3.80. The van der Waals surface area contributed by atoms with Crippen LogP contribution in [0.3, 0.4) is 0 Å². The molecule has 0 aliphatic rings. The van der Waals surface area contributed by atoms with Gasteiger partial charge in [-0.15, -0.1) is 0 Å². The summed E-state index contributed by atoms with van der Waals surface area (Å²) in [6.45, 7) is 0. The molecule has 0 aliphatic heterocycles.